The number of benzene rings is 2. The first-order valence-electron chi connectivity index (χ1n) is 5.48. The molecule has 0 saturated heterocycles. The number of nitrogens with zero attached hydrogens (tertiary/aromatic N) is 1. The Kier molecular flexibility index (Phi) is 3.28. The van der Waals surface area contributed by atoms with Gasteiger partial charge in [0.1, 0.15) is 11.8 Å². The van der Waals surface area contributed by atoms with Crippen molar-refractivity contribution >= 4 is 51.6 Å². The van der Waals surface area contributed by atoms with Crippen molar-refractivity contribution in [1.29, 1.82) is 0 Å². The molecular weight excluding hydrogens is 377 g/mol. The second-order valence-electron chi connectivity index (χ2n) is 3.99. The molecule has 0 bridgehead atoms. The third kappa shape index (κ3) is 2.37. The molecule has 3 aromatic rings. The number of aromatic nitrogens is 1. The summed E-state index contributed by atoms with van der Waals surface area (Å²) < 4.78 is 6.72. The second kappa shape index (κ2) is 4.94. The van der Waals surface area contributed by atoms with Gasteiger partial charge in [-0.1, -0.05) is 11.6 Å². The van der Waals surface area contributed by atoms with Crippen LogP contribution >= 0.6 is 34.2 Å². The summed E-state index contributed by atoms with van der Waals surface area (Å²) in [6.07, 6.45) is 0.784. The maximum absolute atomic E-state index is 10.7. The van der Waals surface area contributed by atoms with Crippen molar-refractivity contribution in [2.24, 2.45) is 0 Å². The van der Waals surface area contributed by atoms with Crippen LogP contribution in [-0.2, 0) is 0 Å². The fourth-order valence-electron chi connectivity index (χ4n) is 1.79. The normalized spacial score (nSPS) is 10.8. The van der Waals surface area contributed by atoms with Crippen LogP contribution in [-0.4, -0.2) is 11.3 Å². The lowest BCUT2D eigenvalue weighted by atomic mass is 10.2. The molecule has 19 heavy (non-hydrogen) atoms. The molecule has 2 aromatic carbocycles. The molecule has 1 aromatic heterocycles. The van der Waals surface area contributed by atoms with E-state index in [-0.39, 0.29) is 0 Å². The van der Waals surface area contributed by atoms with Gasteiger partial charge in [0.05, 0.1) is 10.6 Å². The summed E-state index contributed by atoms with van der Waals surface area (Å²) in [5.41, 5.74) is 2.60. The zero-order valence-electron chi connectivity index (χ0n) is 9.56. The minimum atomic E-state index is 0.460. The summed E-state index contributed by atoms with van der Waals surface area (Å²) in [5.74, 6) is 0.460. The molecule has 0 radical (unpaired) electrons. The highest BCUT2D eigenvalue weighted by Crippen LogP contribution is 2.31. The molecule has 94 valence electrons. The summed E-state index contributed by atoms with van der Waals surface area (Å²) in [7, 11) is 0. The molecule has 3 nitrogen and oxygen atoms in total. The molecule has 0 unspecified atom stereocenters. The molecule has 0 aliphatic rings. The van der Waals surface area contributed by atoms with Gasteiger partial charge in [0.2, 0.25) is 5.89 Å². The van der Waals surface area contributed by atoms with Gasteiger partial charge in [-0.25, -0.2) is 4.98 Å². The van der Waals surface area contributed by atoms with Gasteiger partial charge in [0, 0.05) is 9.13 Å². The molecule has 0 amide bonds. The van der Waals surface area contributed by atoms with E-state index in [1.54, 1.807) is 18.2 Å². The average molecular weight is 384 g/mol. The van der Waals surface area contributed by atoms with Crippen molar-refractivity contribution in [3.05, 3.63) is 50.6 Å². The van der Waals surface area contributed by atoms with Crippen LogP contribution in [0.1, 0.15) is 10.4 Å². The summed E-state index contributed by atoms with van der Waals surface area (Å²) >= 11 is 8.36. The maximum atomic E-state index is 10.7. The lowest BCUT2D eigenvalue weighted by Gasteiger charge is -1.99. The van der Waals surface area contributed by atoms with Gasteiger partial charge in [-0.15, -0.1) is 0 Å². The highest BCUT2D eigenvalue weighted by molar-refractivity contribution is 14.1. The van der Waals surface area contributed by atoms with Crippen molar-refractivity contribution in [2.45, 2.75) is 0 Å². The molecule has 1 heterocycles. The lowest BCUT2D eigenvalue weighted by molar-refractivity contribution is 0.112. The van der Waals surface area contributed by atoms with Crippen LogP contribution in [0, 0.1) is 3.57 Å². The molecule has 0 spiro atoms. The Hall–Kier alpha value is -1.40. The van der Waals surface area contributed by atoms with Crippen LogP contribution < -0.4 is 0 Å². The summed E-state index contributed by atoms with van der Waals surface area (Å²) in [6, 6.07) is 10.8. The number of rotatable bonds is 2. The first-order chi connectivity index (χ1) is 9.17. The van der Waals surface area contributed by atoms with E-state index in [0.29, 0.717) is 27.6 Å². The molecule has 3 rings (SSSR count). The Bertz CT molecular complexity index is 782. The first kappa shape index (κ1) is 12.6. The minimum absolute atomic E-state index is 0.460. The maximum Gasteiger partial charge on any atom is 0.228 e. The number of carbonyl (C=O) groups is 1. The number of fused-ring (bicyclic) bond motifs is 1. The monoisotopic (exact) mass is 383 g/mol. The van der Waals surface area contributed by atoms with Gasteiger partial charge in [0.25, 0.3) is 0 Å². The van der Waals surface area contributed by atoms with Crippen LogP contribution in [0.25, 0.3) is 22.6 Å². The van der Waals surface area contributed by atoms with E-state index in [9.17, 15) is 4.79 Å². The van der Waals surface area contributed by atoms with Crippen molar-refractivity contribution in [2.75, 3.05) is 0 Å². The van der Waals surface area contributed by atoms with Gasteiger partial charge in [-0.3, -0.25) is 4.79 Å². The van der Waals surface area contributed by atoms with E-state index in [1.807, 2.05) is 18.2 Å². The van der Waals surface area contributed by atoms with Crippen LogP contribution in [0.15, 0.2) is 40.8 Å². The predicted molar refractivity (Wildman–Crippen MR) is 82.6 cm³/mol. The Morgan fingerprint density at radius 3 is 2.84 bits per heavy atom. The predicted octanol–water partition coefficient (Wildman–Crippen LogP) is 4.57. The average Bonchev–Trinajstić information content (AvgIpc) is 2.83. The quantitative estimate of drug-likeness (QED) is 0.481. The van der Waals surface area contributed by atoms with Crippen LogP contribution in [0.5, 0.6) is 0 Å². The molecule has 0 aliphatic heterocycles. The fourth-order valence-corrected chi connectivity index (χ4v) is 2.48. The smallest absolute Gasteiger partial charge is 0.228 e. The molecular formula is C14H7ClINO2. The van der Waals surface area contributed by atoms with Gasteiger partial charge in [-0.05, 0) is 59.0 Å². The zero-order valence-corrected chi connectivity index (χ0v) is 12.5. The van der Waals surface area contributed by atoms with Crippen LogP contribution in [0.3, 0.4) is 0 Å². The van der Waals surface area contributed by atoms with Crippen molar-refractivity contribution < 1.29 is 9.21 Å². The number of hydrogen-bond acceptors (Lipinski definition) is 3. The first-order valence-corrected chi connectivity index (χ1v) is 6.94. The molecule has 0 N–H and O–H groups in total. The molecule has 0 atom stereocenters. The molecule has 5 heteroatoms. The Morgan fingerprint density at radius 2 is 2.05 bits per heavy atom. The molecule has 0 saturated carbocycles. The second-order valence-corrected chi connectivity index (χ2v) is 5.64. The Labute approximate surface area is 127 Å². The topological polar surface area (TPSA) is 43.1 Å². The standard InChI is InChI=1S/C14H7ClINO2/c15-11-3-2-9(16)6-10(11)14-17-12-5-8(7-18)1-4-13(12)19-14/h1-7H. The zero-order chi connectivity index (χ0) is 13.4. The van der Waals surface area contributed by atoms with Crippen LogP contribution in [0.4, 0.5) is 0 Å². The summed E-state index contributed by atoms with van der Waals surface area (Å²) in [6.45, 7) is 0. The molecule has 0 fully saturated rings. The van der Waals surface area contributed by atoms with Crippen molar-refractivity contribution in [3.8, 4) is 11.5 Å². The van der Waals surface area contributed by atoms with E-state index in [4.69, 9.17) is 16.0 Å². The Balaban J connectivity index is 2.20. The summed E-state index contributed by atoms with van der Waals surface area (Å²) in [4.78, 5) is 15.1. The highest BCUT2D eigenvalue weighted by atomic mass is 127. The van der Waals surface area contributed by atoms with E-state index in [1.165, 1.54) is 0 Å². The van der Waals surface area contributed by atoms with E-state index in [0.717, 1.165) is 15.4 Å². The highest BCUT2D eigenvalue weighted by Gasteiger charge is 2.12. The Morgan fingerprint density at radius 1 is 1.21 bits per heavy atom. The van der Waals surface area contributed by atoms with Crippen molar-refractivity contribution in [3.63, 3.8) is 0 Å². The third-order valence-corrected chi connectivity index (χ3v) is 3.71. The number of carbonyl (C=O) groups excluding carboxylic acids is 1. The summed E-state index contributed by atoms with van der Waals surface area (Å²) in [5, 5.41) is 0.586. The minimum Gasteiger partial charge on any atom is -0.436 e. The number of hydrogen-bond donors (Lipinski definition) is 0. The largest absolute Gasteiger partial charge is 0.436 e. The van der Waals surface area contributed by atoms with Gasteiger partial charge >= 0.3 is 0 Å². The number of oxazole rings is 1. The number of aldehydes is 1. The lowest BCUT2D eigenvalue weighted by Crippen LogP contribution is -1.81. The van der Waals surface area contributed by atoms with E-state index in [2.05, 4.69) is 27.6 Å². The van der Waals surface area contributed by atoms with Gasteiger partial charge in [0.15, 0.2) is 5.58 Å². The van der Waals surface area contributed by atoms with Gasteiger partial charge < -0.3 is 4.42 Å². The van der Waals surface area contributed by atoms with Crippen LogP contribution in [0.2, 0.25) is 5.02 Å². The van der Waals surface area contributed by atoms with Crippen molar-refractivity contribution in [1.82, 2.24) is 4.98 Å². The fraction of sp³-hybridized carbons (Fsp3) is 0. The molecule has 0 aliphatic carbocycles. The van der Waals surface area contributed by atoms with E-state index < -0.39 is 0 Å². The number of halogens is 2. The van der Waals surface area contributed by atoms with E-state index >= 15 is 0 Å². The SMILES string of the molecule is O=Cc1ccc2oc(-c3cc(I)ccc3Cl)nc2c1. The van der Waals surface area contributed by atoms with Gasteiger partial charge in [-0.2, -0.15) is 0 Å². The third-order valence-electron chi connectivity index (χ3n) is 2.71.